The number of carbonyl (C=O) groups is 3. The zero-order chi connectivity index (χ0) is 55.7. The molecule has 77 heavy (non-hydrogen) atoms. The molecule has 446 valence electrons. The maximum Gasteiger partial charge on any atom is 0.306 e. The van der Waals surface area contributed by atoms with E-state index in [0.717, 1.165) is 89.9 Å². The van der Waals surface area contributed by atoms with Gasteiger partial charge < -0.3 is 14.2 Å². The van der Waals surface area contributed by atoms with Gasteiger partial charge in [0, 0.05) is 19.3 Å². The Labute approximate surface area is 478 Å². The first-order valence-corrected chi connectivity index (χ1v) is 33.4. The Kier molecular flexibility index (Phi) is 62.7. The van der Waals surface area contributed by atoms with E-state index < -0.39 is 6.10 Å². The number of allylic oxidation sites excluding steroid dienone is 12. The van der Waals surface area contributed by atoms with Gasteiger partial charge in [-0.2, -0.15) is 0 Å². The van der Waals surface area contributed by atoms with Crippen molar-refractivity contribution in [3.63, 3.8) is 0 Å². The fourth-order valence-corrected chi connectivity index (χ4v) is 9.66. The summed E-state index contributed by atoms with van der Waals surface area (Å²) in [5, 5.41) is 0. The predicted molar refractivity (Wildman–Crippen MR) is 335 cm³/mol. The molecule has 0 aliphatic rings. The van der Waals surface area contributed by atoms with Crippen LogP contribution in [0, 0.1) is 0 Å². The molecule has 6 heteroatoms. The summed E-state index contributed by atoms with van der Waals surface area (Å²) in [4.78, 5) is 38.4. The summed E-state index contributed by atoms with van der Waals surface area (Å²) in [5.41, 5.74) is 0. The summed E-state index contributed by atoms with van der Waals surface area (Å²) in [6.07, 6.45) is 84.9. The molecule has 0 spiro atoms. The van der Waals surface area contributed by atoms with Gasteiger partial charge in [0.05, 0.1) is 0 Å². The Hall–Kier alpha value is -3.15. The maximum absolute atomic E-state index is 12.9. The number of carbonyl (C=O) groups excluding carboxylic acids is 3. The van der Waals surface area contributed by atoms with Crippen molar-refractivity contribution < 1.29 is 28.6 Å². The zero-order valence-corrected chi connectivity index (χ0v) is 51.2. The fraction of sp³-hybridized carbons (Fsp3) is 0.789. The van der Waals surface area contributed by atoms with E-state index in [0.29, 0.717) is 19.3 Å². The Morgan fingerprint density at radius 1 is 0.273 bits per heavy atom. The third-order valence-corrected chi connectivity index (χ3v) is 14.7. The molecule has 0 bridgehead atoms. The highest BCUT2D eigenvalue weighted by Crippen LogP contribution is 2.17. The molecule has 1 unspecified atom stereocenters. The van der Waals surface area contributed by atoms with Crippen molar-refractivity contribution in [1.29, 1.82) is 0 Å². The average Bonchev–Trinajstić information content (AvgIpc) is 3.43. The molecule has 0 fully saturated rings. The smallest absolute Gasteiger partial charge is 0.306 e. The van der Waals surface area contributed by atoms with Gasteiger partial charge in [0.15, 0.2) is 6.10 Å². The summed E-state index contributed by atoms with van der Waals surface area (Å²) in [6.45, 7) is 6.55. The zero-order valence-electron chi connectivity index (χ0n) is 51.2. The van der Waals surface area contributed by atoms with E-state index >= 15 is 0 Å². The Balaban J connectivity index is 4.27. The van der Waals surface area contributed by atoms with Crippen LogP contribution < -0.4 is 0 Å². The van der Waals surface area contributed by atoms with Crippen LogP contribution in [0.5, 0.6) is 0 Å². The number of unbranched alkanes of at least 4 members (excludes halogenated alkanes) is 38. The highest BCUT2D eigenvalue weighted by atomic mass is 16.6. The van der Waals surface area contributed by atoms with Crippen LogP contribution in [0.25, 0.3) is 0 Å². The topological polar surface area (TPSA) is 78.9 Å². The van der Waals surface area contributed by atoms with Gasteiger partial charge in [0.25, 0.3) is 0 Å². The second-order valence-corrected chi connectivity index (χ2v) is 22.3. The molecular formula is C71H126O6. The number of esters is 3. The van der Waals surface area contributed by atoms with Crippen LogP contribution >= 0.6 is 0 Å². The van der Waals surface area contributed by atoms with Crippen molar-refractivity contribution >= 4 is 17.9 Å². The number of hydrogen-bond donors (Lipinski definition) is 0. The monoisotopic (exact) mass is 1070 g/mol. The van der Waals surface area contributed by atoms with Crippen molar-refractivity contribution in [2.75, 3.05) is 13.2 Å². The van der Waals surface area contributed by atoms with Gasteiger partial charge in [-0.05, 0) is 109 Å². The third-order valence-electron chi connectivity index (χ3n) is 14.7. The molecule has 0 aromatic rings. The number of hydrogen-bond acceptors (Lipinski definition) is 6. The van der Waals surface area contributed by atoms with Gasteiger partial charge in [-0.3, -0.25) is 14.4 Å². The molecular weight excluding hydrogens is 949 g/mol. The van der Waals surface area contributed by atoms with Crippen LogP contribution in [0.1, 0.15) is 342 Å². The van der Waals surface area contributed by atoms with Crippen molar-refractivity contribution in [3.05, 3.63) is 72.9 Å². The normalized spacial score (nSPS) is 12.5. The first-order valence-electron chi connectivity index (χ1n) is 33.4. The van der Waals surface area contributed by atoms with E-state index in [9.17, 15) is 14.4 Å². The van der Waals surface area contributed by atoms with Gasteiger partial charge >= 0.3 is 17.9 Å². The lowest BCUT2D eigenvalue weighted by molar-refractivity contribution is -0.167. The summed E-state index contributed by atoms with van der Waals surface area (Å²) in [5.74, 6) is -0.873. The first-order chi connectivity index (χ1) is 38.0. The van der Waals surface area contributed by atoms with Crippen LogP contribution in [0.15, 0.2) is 72.9 Å². The molecule has 0 N–H and O–H groups in total. The molecule has 0 rings (SSSR count). The van der Waals surface area contributed by atoms with E-state index in [-0.39, 0.29) is 31.1 Å². The first kappa shape index (κ1) is 73.8. The largest absolute Gasteiger partial charge is 0.462 e. The molecule has 0 saturated heterocycles. The second kappa shape index (κ2) is 65.4. The SMILES string of the molecule is CC/C=C\C/C=C\C/C=C\C/C=C\CCCCCCCCCCCCCCCCC(=O)OCC(COC(=O)CCCCCCC/C=C\CCCCCCC)OC(=O)CCCCCCCCC/C=C\CCCCCCCCC. The minimum absolute atomic E-state index is 0.0772. The van der Waals surface area contributed by atoms with Crippen molar-refractivity contribution in [1.82, 2.24) is 0 Å². The predicted octanol–water partition coefficient (Wildman–Crippen LogP) is 22.9. The van der Waals surface area contributed by atoms with Gasteiger partial charge in [-0.25, -0.2) is 0 Å². The van der Waals surface area contributed by atoms with Gasteiger partial charge in [-0.1, -0.05) is 286 Å². The number of ether oxygens (including phenoxy) is 3. The lowest BCUT2D eigenvalue weighted by Gasteiger charge is -2.18. The summed E-state index contributed by atoms with van der Waals surface area (Å²) in [7, 11) is 0. The van der Waals surface area contributed by atoms with Crippen LogP contribution in [-0.2, 0) is 28.6 Å². The van der Waals surface area contributed by atoms with E-state index in [1.165, 1.54) is 212 Å². The summed E-state index contributed by atoms with van der Waals surface area (Å²) < 4.78 is 16.9. The Bertz CT molecular complexity index is 1420. The van der Waals surface area contributed by atoms with Crippen LogP contribution in [0.4, 0.5) is 0 Å². The molecule has 0 saturated carbocycles. The van der Waals surface area contributed by atoms with Crippen LogP contribution in [0.3, 0.4) is 0 Å². The fourth-order valence-electron chi connectivity index (χ4n) is 9.66. The molecule has 0 aromatic heterocycles. The van der Waals surface area contributed by atoms with Gasteiger partial charge in [-0.15, -0.1) is 0 Å². The van der Waals surface area contributed by atoms with Gasteiger partial charge in [0.2, 0.25) is 0 Å². The highest BCUT2D eigenvalue weighted by Gasteiger charge is 2.19. The molecule has 1 atom stereocenters. The Morgan fingerprint density at radius 3 is 0.805 bits per heavy atom. The van der Waals surface area contributed by atoms with E-state index in [1.807, 2.05) is 0 Å². The van der Waals surface area contributed by atoms with E-state index in [2.05, 4.69) is 93.7 Å². The molecule has 0 aliphatic heterocycles. The molecule has 0 heterocycles. The highest BCUT2D eigenvalue weighted by molar-refractivity contribution is 5.71. The Morgan fingerprint density at radius 2 is 0.506 bits per heavy atom. The molecule has 0 radical (unpaired) electrons. The van der Waals surface area contributed by atoms with Crippen LogP contribution in [-0.4, -0.2) is 37.2 Å². The lowest BCUT2D eigenvalue weighted by Crippen LogP contribution is -2.30. The molecule has 0 amide bonds. The molecule has 0 aromatic carbocycles. The van der Waals surface area contributed by atoms with Crippen LogP contribution in [0.2, 0.25) is 0 Å². The molecule has 0 aliphatic carbocycles. The lowest BCUT2D eigenvalue weighted by atomic mass is 10.0. The average molecular weight is 1080 g/mol. The quantitative estimate of drug-likeness (QED) is 0.0261. The standard InChI is InChI=1S/C71H126O6/c1-4-7-10-13-16-19-22-25-28-30-32-33-34-35-36-37-38-39-40-42-43-46-49-52-55-58-61-64-70(73)76-67-68(66-75-69(72)63-60-57-54-51-48-45-27-24-21-18-15-12-9-6-3)77-71(74)65-62-59-56-53-50-47-44-41-31-29-26-23-20-17-14-11-8-5-2/h7,10,16,19,24-25,27-29,31-33,68H,4-6,8-9,11-15,17-18,20-23,26,30,34-67H2,1-3H3/b10-7-,19-16-,27-24-,28-25-,31-29-,33-32-. The summed E-state index contributed by atoms with van der Waals surface area (Å²) in [6, 6.07) is 0. The maximum atomic E-state index is 12.9. The van der Waals surface area contributed by atoms with E-state index in [1.54, 1.807) is 0 Å². The second-order valence-electron chi connectivity index (χ2n) is 22.3. The summed E-state index contributed by atoms with van der Waals surface area (Å²) >= 11 is 0. The minimum atomic E-state index is -0.781. The van der Waals surface area contributed by atoms with Crippen molar-refractivity contribution in [2.24, 2.45) is 0 Å². The van der Waals surface area contributed by atoms with Gasteiger partial charge in [0.1, 0.15) is 13.2 Å². The molecule has 6 nitrogen and oxygen atoms in total. The van der Waals surface area contributed by atoms with Crippen molar-refractivity contribution in [2.45, 2.75) is 348 Å². The third kappa shape index (κ3) is 63.6. The van der Waals surface area contributed by atoms with Crippen molar-refractivity contribution in [3.8, 4) is 0 Å². The van der Waals surface area contributed by atoms with E-state index in [4.69, 9.17) is 14.2 Å². The number of rotatable bonds is 61. The minimum Gasteiger partial charge on any atom is -0.462 e.